The molecule has 2 rings (SSSR count). The first-order valence-electron chi connectivity index (χ1n) is 7.82. The third kappa shape index (κ3) is 5.30. The fourth-order valence-corrected chi connectivity index (χ4v) is 2.61. The third-order valence-corrected chi connectivity index (χ3v) is 3.88. The minimum atomic E-state index is -0.481. The Morgan fingerprint density at radius 1 is 0.864 bits per heavy atom. The first kappa shape index (κ1) is 16.8. The molecule has 4 heteroatoms. The second kappa shape index (κ2) is 8.74. The summed E-state index contributed by atoms with van der Waals surface area (Å²) in [6.07, 6.45) is 1.49. The minimum Gasteiger partial charge on any atom is -0.401 e. The normalized spacial score (nSPS) is 15.2. The summed E-state index contributed by atoms with van der Waals surface area (Å²) < 4.78 is 0. The van der Waals surface area contributed by atoms with Crippen LogP contribution in [-0.4, -0.2) is 42.8 Å². The lowest BCUT2D eigenvalue weighted by Gasteiger charge is -2.27. The smallest absolute Gasteiger partial charge is 0.140 e. The molecule has 0 aromatic heterocycles. The fourth-order valence-electron chi connectivity index (χ4n) is 2.61. The van der Waals surface area contributed by atoms with Crippen molar-refractivity contribution in [2.45, 2.75) is 30.9 Å². The van der Waals surface area contributed by atoms with Crippen molar-refractivity contribution in [2.24, 2.45) is 0 Å². The molecule has 2 aromatic carbocycles. The van der Waals surface area contributed by atoms with Crippen molar-refractivity contribution in [3.8, 4) is 0 Å². The second-order valence-electron chi connectivity index (χ2n) is 5.77. The molecule has 0 saturated carbocycles. The van der Waals surface area contributed by atoms with Crippen LogP contribution in [-0.2, 0) is 12.8 Å². The maximum Gasteiger partial charge on any atom is 0.140 e. The van der Waals surface area contributed by atoms with Crippen molar-refractivity contribution in [3.63, 3.8) is 0 Å². The van der Waals surface area contributed by atoms with Crippen LogP contribution in [0.25, 0.3) is 0 Å². The molecule has 0 aliphatic heterocycles. The summed E-state index contributed by atoms with van der Waals surface area (Å²) in [7, 11) is 1.79. The van der Waals surface area contributed by atoms with E-state index in [1.165, 1.54) is 11.1 Å². The largest absolute Gasteiger partial charge is 0.401 e. The highest BCUT2D eigenvalue weighted by atomic mass is 16.3. The van der Waals surface area contributed by atoms with Crippen molar-refractivity contribution < 1.29 is 10.2 Å². The Morgan fingerprint density at radius 2 is 1.36 bits per heavy atom. The van der Waals surface area contributed by atoms with Crippen LogP contribution in [0, 0.1) is 0 Å². The van der Waals surface area contributed by atoms with E-state index in [0.717, 1.165) is 12.8 Å². The van der Waals surface area contributed by atoms with Crippen LogP contribution in [0.1, 0.15) is 11.1 Å². The Balaban J connectivity index is 1.99. The monoisotopic (exact) mass is 297 g/mol. The van der Waals surface area contributed by atoms with Crippen LogP contribution in [0.15, 0.2) is 60.7 Å². The van der Waals surface area contributed by atoms with E-state index < -0.39 is 6.00 Å². The zero-order valence-corrected chi connectivity index (χ0v) is 13.0. The van der Waals surface area contributed by atoms with Gasteiger partial charge < -0.3 is 15.5 Å². The number of hydrogen-bond acceptors (Lipinski definition) is 3. The molecule has 0 amide bonds. The molecule has 22 heavy (non-hydrogen) atoms. The van der Waals surface area contributed by atoms with Gasteiger partial charge in [-0.05, 0) is 24.0 Å². The third-order valence-electron chi connectivity index (χ3n) is 3.88. The average molecular weight is 297 g/mol. The number of aliphatic hydroxyl groups excluding tert-OH is 2. The Kier molecular flexibility index (Phi) is 6.65. The lowest BCUT2D eigenvalue weighted by atomic mass is 9.87. The molecule has 0 aliphatic carbocycles. The van der Waals surface area contributed by atoms with E-state index in [-0.39, 0.29) is 18.7 Å². The summed E-state index contributed by atoms with van der Waals surface area (Å²) in [5.74, 6) is 0. The molecule has 3 nitrogen and oxygen atoms in total. The summed E-state index contributed by atoms with van der Waals surface area (Å²) >= 11 is 0. The molecule has 0 aliphatic rings. The number of benzene rings is 2. The highest BCUT2D eigenvalue weighted by molar-refractivity contribution is 6.11. The lowest BCUT2D eigenvalue weighted by Crippen LogP contribution is -2.49. The van der Waals surface area contributed by atoms with Gasteiger partial charge >= 0.3 is 0 Å². The van der Waals surface area contributed by atoms with Gasteiger partial charge in [-0.15, -0.1) is 0 Å². The second-order valence-corrected chi connectivity index (χ2v) is 5.77. The molecule has 0 heterocycles. The Bertz CT molecular complexity index is 533. The van der Waals surface area contributed by atoms with Gasteiger partial charge in [-0.1, -0.05) is 60.7 Å². The minimum absolute atomic E-state index is 0.0485. The van der Waals surface area contributed by atoms with E-state index in [1.807, 2.05) is 36.4 Å². The summed E-state index contributed by atoms with van der Waals surface area (Å²) in [5, 5.41) is 23.1. The molecule has 3 atom stereocenters. The first-order chi connectivity index (χ1) is 10.7. The van der Waals surface area contributed by atoms with Crippen molar-refractivity contribution in [2.75, 3.05) is 6.61 Å². The van der Waals surface area contributed by atoms with E-state index in [1.54, 1.807) is 7.85 Å². The molecular weight excluding hydrogens is 273 g/mol. The van der Waals surface area contributed by atoms with Crippen LogP contribution >= 0.6 is 0 Å². The summed E-state index contributed by atoms with van der Waals surface area (Å²) in [6.45, 7) is 0.0485. The van der Waals surface area contributed by atoms with Gasteiger partial charge in [0.05, 0.1) is 6.61 Å². The van der Waals surface area contributed by atoms with Crippen LogP contribution in [0.2, 0.25) is 0 Å². The number of nitrogens with one attached hydrogen (secondary N) is 1. The molecule has 0 fully saturated rings. The van der Waals surface area contributed by atoms with E-state index >= 15 is 0 Å². The van der Waals surface area contributed by atoms with Gasteiger partial charge in [0.1, 0.15) is 7.85 Å². The van der Waals surface area contributed by atoms with E-state index in [4.69, 9.17) is 0 Å². The van der Waals surface area contributed by atoms with Crippen LogP contribution in [0.3, 0.4) is 0 Å². The zero-order valence-electron chi connectivity index (χ0n) is 13.0. The van der Waals surface area contributed by atoms with Crippen LogP contribution in [0.5, 0.6) is 0 Å². The molecule has 0 bridgehead atoms. The van der Waals surface area contributed by atoms with Gasteiger partial charge in [0, 0.05) is 18.1 Å². The molecule has 3 N–H and O–H groups in total. The predicted octanol–water partition coefficient (Wildman–Crippen LogP) is 0.742. The van der Waals surface area contributed by atoms with Crippen molar-refractivity contribution in [1.82, 2.24) is 5.32 Å². The molecule has 1 unspecified atom stereocenters. The van der Waals surface area contributed by atoms with Crippen LogP contribution in [0.4, 0.5) is 0 Å². The summed E-state index contributed by atoms with van der Waals surface area (Å²) in [4.78, 5) is 0. The van der Waals surface area contributed by atoms with Gasteiger partial charge in [0.25, 0.3) is 0 Å². The molecule has 2 aromatic rings. The highest BCUT2D eigenvalue weighted by Crippen LogP contribution is 2.08. The fraction of sp³-hybridized carbons (Fsp3) is 0.333. The number of hydrogen-bond donors (Lipinski definition) is 3. The SMILES string of the molecule is BC(O)[C@@H](Cc1ccccc1)N[C@@H](CO)Cc1ccccc1. The Labute approximate surface area is 133 Å². The van der Waals surface area contributed by atoms with Crippen LogP contribution < -0.4 is 5.32 Å². The average Bonchev–Trinajstić information content (AvgIpc) is 2.55. The van der Waals surface area contributed by atoms with Gasteiger partial charge in [-0.25, -0.2) is 0 Å². The summed E-state index contributed by atoms with van der Waals surface area (Å²) in [6, 6.07) is 19.6. The molecule has 0 spiro atoms. The quantitative estimate of drug-likeness (QED) is 0.630. The predicted molar refractivity (Wildman–Crippen MR) is 92.6 cm³/mol. The van der Waals surface area contributed by atoms with Gasteiger partial charge in [0.2, 0.25) is 0 Å². The standard InChI is InChI=1S/C18H24BNO2/c19-18(22)17(12-15-9-5-2-6-10-15)20-16(13-21)11-14-7-3-1-4-8-14/h1-10,16-18,20-22H,11-13,19H2/t16-,17-,18?/m1/s1. The van der Waals surface area contributed by atoms with Gasteiger partial charge in [0.15, 0.2) is 0 Å². The summed E-state index contributed by atoms with van der Waals surface area (Å²) in [5.41, 5.74) is 2.36. The number of aliphatic hydroxyl groups is 2. The molecule has 0 saturated heterocycles. The van der Waals surface area contributed by atoms with Crippen molar-refractivity contribution >= 4 is 7.85 Å². The first-order valence-corrected chi connectivity index (χ1v) is 7.82. The molecule has 0 radical (unpaired) electrons. The van der Waals surface area contributed by atoms with E-state index in [9.17, 15) is 10.2 Å². The van der Waals surface area contributed by atoms with Gasteiger partial charge in [-0.2, -0.15) is 0 Å². The lowest BCUT2D eigenvalue weighted by molar-refractivity contribution is 0.168. The van der Waals surface area contributed by atoms with E-state index in [0.29, 0.717) is 0 Å². The maximum atomic E-state index is 10.0. The van der Waals surface area contributed by atoms with E-state index in [2.05, 4.69) is 29.6 Å². The topological polar surface area (TPSA) is 52.5 Å². The zero-order chi connectivity index (χ0) is 15.8. The highest BCUT2D eigenvalue weighted by Gasteiger charge is 2.19. The molecular formula is C18H24BNO2. The van der Waals surface area contributed by atoms with Crippen molar-refractivity contribution in [3.05, 3.63) is 71.8 Å². The maximum absolute atomic E-state index is 10.0. The van der Waals surface area contributed by atoms with Gasteiger partial charge in [-0.3, -0.25) is 0 Å². The number of rotatable bonds is 8. The Hall–Kier alpha value is -1.62. The molecule has 116 valence electrons. The Morgan fingerprint density at radius 3 is 1.82 bits per heavy atom. The van der Waals surface area contributed by atoms with Crippen molar-refractivity contribution in [1.29, 1.82) is 0 Å².